The van der Waals surface area contributed by atoms with E-state index in [1.807, 2.05) is 6.07 Å². The minimum absolute atomic E-state index is 0.0301. The Balaban J connectivity index is 2.49. The van der Waals surface area contributed by atoms with Gasteiger partial charge in [0.2, 0.25) is 0 Å². The Kier molecular flexibility index (Phi) is 3.29. The first-order valence-corrected chi connectivity index (χ1v) is 6.09. The van der Waals surface area contributed by atoms with Crippen molar-refractivity contribution in [2.45, 2.75) is 32.2 Å². The van der Waals surface area contributed by atoms with Gasteiger partial charge >= 0.3 is 0 Å². The predicted octanol–water partition coefficient (Wildman–Crippen LogP) is 2.61. The summed E-state index contributed by atoms with van der Waals surface area (Å²) in [5, 5.41) is 3.57. The highest BCUT2D eigenvalue weighted by Crippen LogP contribution is 2.39. The fourth-order valence-electron chi connectivity index (χ4n) is 2.61. The minimum atomic E-state index is 0.0301. The van der Waals surface area contributed by atoms with Crippen molar-refractivity contribution in [2.75, 3.05) is 20.8 Å². The summed E-state index contributed by atoms with van der Waals surface area (Å²) in [4.78, 5) is 0. The van der Waals surface area contributed by atoms with Gasteiger partial charge in [0.15, 0.2) is 0 Å². The summed E-state index contributed by atoms with van der Waals surface area (Å²) in [7, 11) is 3.41. The van der Waals surface area contributed by atoms with Crippen LogP contribution in [-0.2, 0) is 5.54 Å². The number of rotatable bonds is 3. The van der Waals surface area contributed by atoms with E-state index in [1.54, 1.807) is 14.2 Å². The van der Waals surface area contributed by atoms with Crippen LogP contribution in [0.2, 0.25) is 0 Å². The lowest BCUT2D eigenvalue weighted by Crippen LogP contribution is -2.33. The van der Waals surface area contributed by atoms with E-state index < -0.39 is 0 Å². The second-order valence-electron chi connectivity index (χ2n) is 4.88. The van der Waals surface area contributed by atoms with Crippen molar-refractivity contribution in [3.8, 4) is 11.5 Å². The molecule has 1 aliphatic rings. The largest absolute Gasteiger partial charge is 0.496 e. The molecule has 1 aromatic carbocycles. The number of ether oxygens (including phenoxy) is 2. The highest BCUT2D eigenvalue weighted by Gasteiger charge is 2.33. The number of aryl methyl sites for hydroxylation is 1. The first-order valence-electron chi connectivity index (χ1n) is 6.09. The maximum absolute atomic E-state index is 5.50. The molecule has 17 heavy (non-hydrogen) atoms. The average Bonchev–Trinajstić information content (AvgIpc) is 2.77. The van der Waals surface area contributed by atoms with E-state index in [9.17, 15) is 0 Å². The molecule has 1 fully saturated rings. The Morgan fingerprint density at radius 3 is 2.41 bits per heavy atom. The van der Waals surface area contributed by atoms with E-state index in [0.29, 0.717) is 0 Å². The molecule has 0 spiro atoms. The van der Waals surface area contributed by atoms with Crippen molar-refractivity contribution in [3.63, 3.8) is 0 Å². The Hall–Kier alpha value is -1.22. The molecule has 0 radical (unpaired) electrons. The molecule has 1 aliphatic heterocycles. The van der Waals surface area contributed by atoms with Crippen molar-refractivity contribution >= 4 is 0 Å². The second kappa shape index (κ2) is 4.57. The molecular weight excluding hydrogens is 214 g/mol. The summed E-state index contributed by atoms with van der Waals surface area (Å²) in [5.41, 5.74) is 2.41. The number of hydrogen-bond donors (Lipinski definition) is 1. The Labute approximate surface area is 103 Å². The highest BCUT2D eigenvalue weighted by molar-refractivity contribution is 5.49. The van der Waals surface area contributed by atoms with Crippen molar-refractivity contribution in [1.29, 1.82) is 0 Å². The van der Waals surface area contributed by atoms with E-state index in [2.05, 4.69) is 25.2 Å². The third-order valence-corrected chi connectivity index (χ3v) is 3.68. The van der Waals surface area contributed by atoms with Gasteiger partial charge in [-0.15, -0.1) is 0 Å². The zero-order valence-electron chi connectivity index (χ0n) is 11.1. The lowest BCUT2D eigenvalue weighted by molar-refractivity contribution is 0.362. The molecule has 0 saturated carbocycles. The molecule has 0 aromatic heterocycles. The molecule has 1 atom stereocenters. The van der Waals surface area contributed by atoms with Gasteiger partial charge < -0.3 is 14.8 Å². The minimum Gasteiger partial charge on any atom is -0.496 e. The standard InChI is InChI=1S/C14H21NO2/c1-10-8-11(14(2)6-5-7-15-14)13(17-4)9-12(10)16-3/h8-9,15H,5-7H2,1-4H3. The number of nitrogens with one attached hydrogen (secondary N) is 1. The molecule has 1 aromatic rings. The maximum Gasteiger partial charge on any atom is 0.127 e. The van der Waals surface area contributed by atoms with Crippen molar-refractivity contribution < 1.29 is 9.47 Å². The molecule has 3 heteroatoms. The van der Waals surface area contributed by atoms with Gasteiger partial charge in [-0.25, -0.2) is 0 Å². The maximum atomic E-state index is 5.50. The first-order chi connectivity index (χ1) is 8.10. The van der Waals surface area contributed by atoms with Gasteiger partial charge in [-0.1, -0.05) is 0 Å². The monoisotopic (exact) mass is 235 g/mol. The Bertz CT molecular complexity index is 409. The van der Waals surface area contributed by atoms with Gasteiger partial charge in [0.05, 0.1) is 14.2 Å². The normalized spacial score (nSPS) is 23.8. The predicted molar refractivity (Wildman–Crippen MR) is 68.9 cm³/mol. The fraction of sp³-hybridized carbons (Fsp3) is 0.571. The molecule has 1 N–H and O–H groups in total. The molecule has 3 nitrogen and oxygen atoms in total. The smallest absolute Gasteiger partial charge is 0.127 e. The van der Waals surface area contributed by atoms with E-state index in [-0.39, 0.29) is 5.54 Å². The Morgan fingerprint density at radius 1 is 1.18 bits per heavy atom. The van der Waals surface area contributed by atoms with Gasteiger partial charge in [-0.3, -0.25) is 0 Å². The van der Waals surface area contributed by atoms with E-state index in [4.69, 9.17) is 9.47 Å². The van der Waals surface area contributed by atoms with Gasteiger partial charge in [0.25, 0.3) is 0 Å². The molecule has 0 aliphatic carbocycles. The summed E-state index contributed by atoms with van der Waals surface area (Å²) >= 11 is 0. The van der Waals surface area contributed by atoms with Crippen LogP contribution in [0.1, 0.15) is 30.9 Å². The lowest BCUT2D eigenvalue weighted by atomic mass is 9.88. The highest BCUT2D eigenvalue weighted by atomic mass is 16.5. The SMILES string of the molecule is COc1cc(OC)c(C2(C)CCCN2)cc1C. The topological polar surface area (TPSA) is 30.5 Å². The molecule has 1 unspecified atom stereocenters. The van der Waals surface area contributed by atoms with E-state index >= 15 is 0 Å². The van der Waals surface area contributed by atoms with E-state index in [1.165, 1.54) is 12.0 Å². The quantitative estimate of drug-likeness (QED) is 0.873. The van der Waals surface area contributed by atoms with Gasteiger partial charge in [-0.2, -0.15) is 0 Å². The molecule has 1 saturated heterocycles. The van der Waals surface area contributed by atoms with Crippen LogP contribution in [0.15, 0.2) is 12.1 Å². The van der Waals surface area contributed by atoms with Crippen LogP contribution >= 0.6 is 0 Å². The lowest BCUT2D eigenvalue weighted by Gasteiger charge is -2.28. The number of hydrogen-bond acceptors (Lipinski definition) is 3. The first kappa shape index (κ1) is 12.2. The number of benzene rings is 1. The third kappa shape index (κ3) is 2.12. The summed E-state index contributed by atoms with van der Waals surface area (Å²) in [6, 6.07) is 4.16. The fourth-order valence-corrected chi connectivity index (χ4v) is 2.61. The van der Waals surface area contributed by atoms with Crippen molar-refractivity contribution in [3.05, 3.63) is 23.3 Å². The third-order valence-electron chi connectivity index (χ3n) is 3.68. The molecular formula is C14H21NO2. The van der Waals surface area contributed by atoms with Crippen LogP contribution in [0.5, 0.6) is 11.5 Å². The van der Waals surface area contributed by atoms with Crippen LogP contribution in [0, 0.1) is 6.92 Å². The van der Waals surface area contributed by atoms with Crippen LogP contribution < -0.4 is 14.8 Å². The van der Waals surface area contributed by atoms with Crippen LogP contribution in [0.4, 0.5) is 0 Å². The van der Waals surface area contributed by atoms with E-state index in [0.717, 1.165) is 30.0 Å². The zero-order valence-corrected chi connectivity index (χ0v) is 11.1. The Morgan fingerprint density at radius 2 is 1.88 bits per heavy atom. The van der Waals surface area contributed by atoms with Crippen molar-refractivity contribution in [1.82, 2.24) is 5.32 Å². The second-order valence-corrected chi connectivity index (χ2v) is 4.88. The molecule has 0 amide bonds. The van der Waals surface area contributed by atoms with Crippen molar-refractivity contribution in [2.24, 2.45) is 0 Å². The zero-order chi connectivity index (χ0) is 12.5. The number of methoxy groups -OCH3 is 2. The molecule has 94 valence electrons. The summed E-state index contributed by atoms with van der Waals surface area (Å²) in [6.45, 7) is 5.38. The summed E-state index contributed by atoms with van der Waals surface area (Å²) in [6.07, 6.45) is 2.36. The molecule has 0 bridgehead atoms. The van der Waals surface area contributed by atoms with Gasteiger partial charge in [-0.05, 0) is 44.9 Å². The van der Waals surface area contributed by atoms with Gasteiger partial charge in [0.1, 0.15) is 11.5 Å². The van der Waals surface area contributed by atoms with Gasteiger partial charge in [0, 0.05) is 17.2 Å². The van der Waals surface area contributed by atoms with Crippen LogP contribution in [0.3, 0.4) is 0 Å². The van der Waals surface area contributed by atoms with Crippen LogP contribution in [-0.4, -0.2) is 20.8 Å². The summed E-state index contributed by atoms with van der Waals surface area (Å²) < 4.78 is 10.8. The summed E-state index contributed by atoms with van der Waals surface area (Å²) in [5.74, 6) is 1.79. The molecule has 1 heterocycles. The van der Waals surface area contributed by atoms with Crippen LogP contribution in [0.25, 0.3) is 0 Å². The average molecular weight is 235 g/mol. The molecule has 2 rings (SSSR count).